The summed E-state index contributed by atoms with van der Waals surface area (Å²) in [4.78, 5) is 15.9. The third kappa shape index (κ3) is 4.73. The van der Waals surface area contributed by atoms with Crippen LogP contribution in [0.15, 0.2) is 18.5 Å². The number of aromatic nitrogens is 1. The van der Waals surface area contributed by atoms with Gasteiger partial charge in [0.15, 0.2) is 0 Å². The van der Waals surface area contributed by atoms with Crippen LogP contribution in [0.5, 0.6) is 0 Å². The number of amides is 1. The molecule has 94 valence electrons. The summed E-state index contributed by atoms with van der Waals surface area (Å²) in [5.41, 5.74) is 1.56. The zero-order valence-electron chi connectivity index (χ0n) is 10.5. The number of aryl methyl sites for hydroxylation is 1. The third-order valence-electron chi connectivity index (χ3n) is 2.41. The molecule has 1 unspecified atom stereocenters. The van der Waals surface area contributed by atoms with Crippen molar-refractivity contribution in [2.45, 2.75) is 33.2 Å². The number of pyridine rings is 1. The average Bonchev–Trinajstić information content (AvgIpc) is 2.27. The fourth-order valence-corrected chi connectivity index (χ4v) is 1.88. The van der Waals surface area contributed by atoms with Gasteiger partial charge < -0.3 is 5.32 Å². The Balaban J connectivity index is 2.64. The molecule has 1 amide bonds. The topological polar surface area (TPSA) is 42.0 Å². The molecule has 0 aliphatic carbocycles. The molecule has 0 bridgehead atoms. The molecule has 1 atom stereocenters. The summed E-state index contributed by atoms with van der Waals surface area (Å²) in [7, 11) is 0. The van der Waals surface area contributed by atoms with Gasteiger partial charge in [0.25, 0.3) is 5.91 Å². The number of hydrogen-bond donors (Lipinski definition) is 1. The van der Waals surface area contributed by atoms with Crippen LogP contribution in [0, 0.1) is 12.8 Å². The fraction of sp³-hybridized carbons (Fsp3) is 0.538. The molecule has 1 heterocycles. The normalized spacial score (nSPS) is 12.5. The van der Waals surface area contributed by atoms with E-state index in [-0.39, 0.29) is 11.9 Å². The van der Waals surface area contributed by atoms with Gasteiger partial charge in [-0.3, -0.25) is 9.78 Å². The molecule has 17 heavy (non-hydrogen) atoms. The highest BCUT2D eigenvalue weighted by Crippen LogP contribution is 2.08. The first-order chi connectivity index (χ1) is 8.02. The predicted octanol–water partition coefficient (Wildman–Crippen LogP) is 2.77. The molecule has 1 N–H and O–H groups in total. The van der Waals surface area contributed by atoms with Crippen LogP contribution in [0.25, 0.3) is 0 Å². The van der Waals surface area contributed by atoms with Gasteiger partial charge in [0.05, 0.1) is 5.56 Å². The SMILES string of the molecule is Cc1cncc(C(=O)NC(CCl)CC(C)C)c1. The maximum Gasteiger partial charge on any atom is 0.253 e. The van der Waals surface area contributed by atoms with Crippen molar-refractivity contribution < 1.29 is 4.79 Å². The van der Waals surface area contributed by atoms with Crippen molar-refractivity contribution in [1.29, 1.82) is 0 Å². The van der Waals surface area contributed by atoms with Crippen LogP contribution in [0.4, 0.5) is 0 Å². The van der Waals surface area contributed by atoms with Crippen molar-refractivity contribution in [2.24, 2.45) is 5.92 Å². The molecule has 0 saturated heterocycles. The van der Waals surface area contributed by atoms with E-state index < -0.39 is 0 Å². The summed E-state index contributed by atoms with van der Waals surface area (Å²) >= 11 is 5.84. The van der Waals surface area contributed by atoms with Crippen molar-refractivity contribution in [2.75, 3.05) is 5.88 Å². The maximum absolute atomic E-state index is 11.9. The second-order valence-electron chi connectivity index (χ2n) is 4.71. The summed E-state index contributed by atoms with van der Waals surface area (Å²) in [6.45, 7) is 6.14. The number of nitrogens with zero attached hydrogens (tertiary/aromatic N) is 1. The number of rotatable bonds is 5. The first-order valence-electron chi connectivity index (χ1n) is 5.81. The van der Waals surface area contributed by atoms with E-state index in [9.17, 15) is 4.79 Å². The third-order valence-corrected chi connectivity index (χ3v) is 2.79. The van der Waals surface area contributed by atoms with Gasteiger partial charge in [0, 0.05) is 24.3 Å². The molecular formula is C13H19ClN2O. The number of carbonyl (C=O) groups excluding carboxylic acids is 1. The van der Waals surface area contributed by atoms with Gasteiger partial charge in [0.2, 0.25) is 0 Å². The van der Waals surface area contributed by atoms with Gasteiger partial charge in [-0.05, 0) is 30.9 Å². The molecule has 0 aromatic carbocycles. The monoisotopic (exact) mass is 254 g/mol. The minimum absolute atomic E-state index is 0.0182. The highest BCUT2D eigenvalue weighted by molar-refractivity contribution is 6.18. The molecule has 0 aliphatic heterocycles. The van der Waals surface area contributed by atoms with Crippen LogP contribution in [-0.4, -0.2) is 22.8 Å². The van der Waals surface area contributed by atoms with Crippen molar-refractivity contribution in [1.82, 2.24) is 10.3 Å². The van der Waals surface area contributed by atoms with Gasteiger partial charge in [0.1, 0.15) is 0 Å². The Morgan fingerprint density at radius 2 is 2.18 bits per heavy atom. The van der Waals surface area contributed by atoms with Gasteiger partial charge in [-0.15, -0.1) is 11.6 Å². The van der Waals surface area contributed by atoms with Gasteiger partial charge >= 0.3 is 0 Å². The quantitative estimate of drug-likeness (QED) is 0.821. The van der Waals surface area contributed by atoms with Gasteiger partial charge in [-0.25, -0.2) is 0 Å². The smallest absolute Gasteiger partial charge is 0.253 e. The van der Waals surface area contributed by atoms with Crippen molar-refractivity contribution in [3.63, 3.8) is 0 Å². The number of halogens is 1. The van der Waals surface area contributed by atoms with Crippen LogP contribution in [0.1, 0.15) is 36.2 Å². The van der Waals surface area contributed by atoms with E-state index in [1.807, 2.05) is 13.0 Å². The number of alkyl halides is 1. The molecule has 1 aromatic heterocycles. The summed E-state index contributed by atoms with van der Waals surface area (Å²) in [6, 6.07) is 1.84. The van der Waals surface area contributed by atoms with Gasteiger partial charge in [-0.1, -0.05) is 13.8 Å². The molecule has 3 nitrogen and oxygen atoms in total. The Morgan fingerprint density at radius 1 is 1.47 bits per heavy atom. The van der Waals surface area contributed by atoms with Crippen molar-refractivity contribution in [3.8, 4) is 0 Å². The molecule has 4 heteroatoms. The van der Waals surface area contributed by atoms with E-state index in [0.29, 0.717) is 17.4 Å². The van der Waals surface area contributed by atoms with E-state index in [4.69, 9.17) is 11.6 Å². The Kier molecular flexibility index (Phi) is 5.42. The zero-order chi connectivity index (χ0) is 12.8. The Bertz CT molecular complexity index is 379. The van der Waals surface area contributed by atoms with E-state index >= 15 is 0 Å². The number of carbonyl (C=O) groups is 1. The van der Waals surface area contributed by atoms with E-state index in [0.717, 1.165) is 12.0 Å². The highest BCUT2D eigenvalue weighted by atomic mass is 35.5. The first-order valence-corrected chi connectivity index (χ1v) is 6.35. The molecule has 1 rings (SSSR count). The lowest BCUT2D eigenvalue weighted by atomic mass is 10.0. The van der Waals surface area contributed by atoms with Crippen LogP contribution < -0.4 is 5.32 Å². The molecule has 0 saturated carbocycles. The minimum atomic E-state index is -0.104. The maximum atomic E-state index is 11.9. The molecular weight excluding hydrogens is 236 g/mol. The first kappa shape index (κ1) is 14.0. The fourth-order valence-electron chi connectivity index (χ4n) is 1.68. The number of hydrogen-bond acceptors (Lipinski definition) is 2. The molecule has 0 spiro atoms. The van der Waals surface area contributed by atoms with E-state index in [1.165, 1.54) is 0 Å². The summed E-state index contributed by atoms with van der Waals surface area (Å²) < 4.78 is 0. The lowest BCUT2D eigenvalue weighted by Gasteiger charge is -2.18. The van der Waals surface area contributed by atoms with E-state index in [2.05, 4.69) is 24.1 Å². The Labute approximate surface area is 108 Å². The standard InChI is InChI=1S/C13H19ClN2O/c1-9(2)4-12(6-14)16-13(17)11-5-10(3)7-15-8-11/h5,7-9,12H,4,6H2,1-3H3,(H,16,17). The van der Waals surface area contributed by atoms with Crippen LogP contribution >= 0.6 is 11.6 Å². The van der Waals surface area contributed by atoms with Crippen LogP contribution in [-0.2, 0) is 0 Å². The highest BCUT2D eigenvalue weighted by Gasteiger charge is 2.14. The largest absolute Gasteiger partial charge is 0.348 e. The van der Waals surface area contributed by atoms with Crippen molar-refractivity contribution >= 4 is 17.5 Å². The van der Waals surface area contributed by atoms with Crippen LogP contribution in [0.3, 0.4) is 0 Å². The lowest BCUT2D eigenvalue weighted by molar-refractivity contribution is 0.0936. The summed E-state index contributed by atoms with van der Waals surface area (Å²) in [6.07, 6.45) is 4.18. The predicted molar refractivity (Wildman–Crippen MR) is 70.4 cm³/mol. The molecule has 1 aromatic rings. The summed E-state index contributed by atoms with van der Waals surface area (Å²) in [5, 5.41) is 2.93. The summed E-state index contributed by atoms with van der Waals surface area (Å²) in [5.74, 6) is 0.838. The van der Waals surface area contributed by atoms with E-state index in [1.54, 1.807) is 12.4 Å². The number of nitrogens with one attached hydrogen (secondary N) is 1. The van der Waals surface area contributed by atoms with Gasteiger partial charge in [-0.2, -0.15) is 0 Å². The Hall–Kier alpha value is -1.09. The zero-order valence-corrected chi connectivity index (χ0v) is 11.3. The molecule has 0 aliphatic rings. The minimum Gasteiger partial charge on any atom is -0.348 e. The second kappa shape index (κ2) is 6.60. The van der Waals surface area contributed by atoms with Crippen LogP contribution in [0.2, 0.25) is 0 Å². The molecule has 0 fully saturated rings. The molecule has 0 radical (unpaired) electrons. The average molecular weight is 255 g/mol. The van der Waals surface area contributed by atoms with Crippen molar-refractivity contribution in [3.05, 3.63) is 29.6 Å². The second-order valence-corrected chi connectivity index (χ2v) is 5.01. The Morgan fingerprint density at radius 3 is 2.71 bits per heavy atom. The lowest BCUT2D eigenvalue weighted by Crippen LogP contribution is -2.37.